The third kappa shape index (κ3) is 7.17. The van der Waals surface area contributed by atoms with E-state index in [4.69, 9.17) is 4.74 Å². The van der Waals surface area contributed by atoms with Gasteiger partial charge >= 0.3 is 5.97 Å². The highest BCUT2D eigenvalue weighted by Crippen LogP contribution is 2.26. The monoisotopic (exact) mass is 577 g/mol. The lowest BCUT2D eigenvalue weighted by Gasteiger charge is -2.31. The quantitative estimate of drug-likeness (QED) is 0.319. The van der Waals surface area contributed by atoms with Crippen molar-refractivity contribution in [3.8, 4) is 5.75 Å². The first kappa shape index (κ1) is 31.4. The Morgan fingerprint density at radius 1 is 1.02 bits per heavy atom. The van der Waals surface area contributed by atoms with Crippen LogP contribution in [0.4, 0.5) is 13.2 Å². The number of phenols is 1. The Balaban J connectivity index is 2.00. The zero-order chi connectivity index (χ0) is 30.6. The van der Waals surface area contributed by atoms with Crippen molar-refractivity contribution in [2.75, 3.05) is 0 Å². The molecule has 0 aromatic heterocycles. The number of carbonyl (C=O) groups excluding carboxylic acids is 4. The van der Waals surface area contributed by atoms with E-state index in [0.29, 0.717) is 0 Å². The van der Waals surface area contributed by atoms with Gasteiger partial charge in [-0.25, -0.2) is 13.2 Å². The molecule has 1 unspecified atom stereocenters. The largest absolute Gasteiger partial charge is 0.507 e. The number of nitrogens with one attached hydrogen (secondary N) is 3. The van der Waals surface area contributed by atoms with Gasteiger partial charge in [0.1, 0.15) is 17.6 Å². The molecule has 1 saturated heterocycles. The zero-order valence-electron chi connectivity index (χ0n) is 23.4. The average Bonchev–Trinajstić information content (AvgIpc) is 2.92. The van der Waals surface area contributed by atoms with Gasteiger partial charge in [-0.15, -0.1) is 0 Å². The number of halogens is 3. The summed E-state index contributed by atoms with van der Waals surface area (Å²) in [6.07, 6.45) is -2.01. The maximum Gasteiger partial charge on any atom is 0.306 e. The van der Waals surface area contributed by atoms with Crippen LogP contribution in [0.15, 0.2) is 24.3 Å². The standard InChI is InChI=1S/C29H34F3N3O6/c1-13(2)26-29(40)33-16(5)25(35-27(38)18-8-6-7-9-20(18)36)28(39)34-17(10-11-21(37)41-26)12-19-14(3)22(30)15(4)23(31)24(19)32/h6-9,13,16-17,25-26,36H,10-12H2,1-5H3,(H,33,40)(H,34,39)(H,35,38)/t16-,17-,25+,26?/m1/s1. The van der Waals surface area contributed by atoms with Crippen LogP contribution in [0.25, 0.3) is 0 Å². The Morgan fingerprint density at radius 2 is 1.68 bits per heavy atom. The van der Waals surface area contributed by atoms with E-state index >= 15 is 0 Å². The minimum Gasteiger partial charge on any atom is -0.507 e. The van der Waals surface area contributed by atoms with E-state index in [1.54, 1.807) is 13.8 Å². The molecule has 3 rings (SSSR count). The number of carbonyl (C=O) groups is 4. The third-order valence-corrected chi connectivity index (χ3v) is 7.10. The second-order valence-corrected chi connectivity index (χ2v) is 10.5. The maximum atomic E-state index is 14.9. The van der Waals surface area contributed by atoms with Crippen LogP contribution >= 0.6 is 0 Å². The van der Waals surface area contributed by atoms with Crippen molar-refractivity contribution < 1.29 is 42.2 Å². The SMILES string of the molecule is Cc1c(F)c(C)c(C[C@H]2CCC(=O)OC(C(C)C)C(=O)N[C@H](C)[C@H](NC(=O)c3ccccc3O)C(=O)N2)c(F)c1F. The summed E-state index contributed by atoms with van der Waals surface area (Å²) in [5, 5.41) is 17.8. The number of hydrogen-bond acceptors (Lipinski definition) is 6. The average molecular weight is 578 g/mol. The van der Waals surface area contributed by atoms with Crippen LogP contribution in [0, 0.1) is 37.2 Å². The van der Waals surface area contributed by atoms with Crippen LogP contribution in [0.3, 0.4) is 0 Å². The summed E-state index contributed by atoms with van der Waals surface area (Å²) in [5.74, 6) is -7.40. The smallest absolute Gasteiger partial charge is 0.306 e. The van der Waals surface area contributed by atoms with Gasteiger partial charge < -0.3 is 25.8 Å². The van der Waals surface area contributed by atoms with Crippen molar-refractivity contribution in [2.45, 2.75) is 78.1 Å². The normalized spacial score (nSPS) is 22.2. The molecule has 4 atom stereocenters. The van der Waals surface area contributed by atoms with Crippen molar-refractivity contribution >= 4 is 23.7 Å². The molecule has 0 bridgehead atoms. The van der Waals surface area contributed by atoms with E-state index in [-0.39, 0.29) is 41.7 Å². The number of hydrogen-bond donors (Lipinski definition) is 4. The molecule has 3 amide bonds. The van der Waals surface area contributed by atoms with E-state index in [2.05, 4.69) is 16.0 Å². The minimum absolute atomic E-state index is 0.123. The Kier molecular flexibility index (Phi) is 10.0. The maximum absolute atomic E-state index is 14.9. The molecule has 0 radical (unpaired) electrons. The molecule has 1 aliphatic heterocycles. The van der Waals surface area contributed by atoms with Gasteiger partial charge in [0.2, 0.25) is 5.91 Å². The van der Waals surface area contributed by atoms with Crippen LogP contribution in [-0.4, -0.2) is 53.0 Å². The number of para-hydroxylation sites is 1. The van der Waals surface area contributed by atoms with Gasteiger partial charge in [-0.2, -0.15) is 0 Å². The first-order valence-corrected chi connectivity index (χ1v) is 13.2. The van der Waals surface area contributed by atoms with E-state index < -0.39 is 76.9 Å². The Bertz CT molecular complexity index is 1320. The van der Waals surface area contributed by atoms with Crippen LogP contribution in [0.2, 0.25) is 0 Å². The lowest BCUT2D eigenvalue weighted by Crippen LogP contribution is -2.60. The molecule has 0 saturated carbocycles. The first-order valence-electron chi connectivity index (χ1n) is 13.2. The highest BCUT2D eigenvalue weighted by atomic mass is 19.2. The van der Waals surface area contributed by atoms with Gasteiger partial charge in [-0.3, -0.25) is 19.2 Å². The second kappa shape index (κ2) is 13.0. The second-order valence-electron chi connectivity index (χ2n) is 10.5. The van der Waals surface area contributed by atoms with E-state index in [1.807, 2.05) is 0 Å². The Morgan fingerprint density at radius 3 is 2.32 bits per heavy atom. The van der Waals surface area contributed by atoms with Crippen LogP contribution in [-0.2, 0) is 25.5 Å². The van der Waals surface area contributed by atoms with Crippen LogP contribution < -0.4 is 16.0 Å². The summed E-state index contributed by atoms with van der Waals surface area (Å²) < 4.78 is 49.3. The molecule has 4 N–H and O–H groups in total. The lowest BCUT2D eigenvalue weighted by molar-refractivity contribution is -0.159. The molecular weight excluding hydrogens is 543 g/mol. The molecule has 9 nitrogen and oxygen atoms in total. The molecule has 0 aliphatic carbocycles. The van der Waals surface area contributed by atoms with Gasteiger partial charge in [-0.1, -0.05) is 26.0 Å². The summed E-state index contributed by atoms with van der Waals surface area (Å²) in [6.45, 7) is 7.16. The summed E-state index contributed by atoms with van der Waals surface area (Å²) in [6, 6.07) is 2.16. The van der Waals surface area contributed by atoms with Gasteiger partial charge in [0.25, 0.3) is 11.8 Å². The van der Waals surface area contributed by atoms with Gasteiger partial charge in [0.05, 0.1) is 11.6 Å². The number of ether oxygens (including phenoxy) is 1. The zero-order valence-corrected chi connectivity index (χ0v) is 23.4. The van der Waals surface area contributed by atoms with Crippen molar-refractivity contribution in [2.24, 2.45) is 5.92 Å². The number of phenolic OH excluding ortho intramolecular Hbond substituents is 1. The number of amides is 3. The van der Waals surface area contributed by atoms with Crippen molar-refractivity contribution in [1.29, 1.82) is 0 Å². The minimum atomic E-state index is -1.41. The highest BCUT2D eigenvalue weighted by molar-refractivity contribution is 6.00. The van der Waals surface area contributed by atoms with Crippen LogP contribution in [0.1, 0.15) is 60.7 Å². The number of rotatable bonds is 5. The summed E-state index contributed by atoms with van der Waals surface area (Å²) in [7, 11) is 0. The summed E-state index contributed by atoms with van der Waals surface area (Å²) in [5.41, 5.74) is -1.06. The van der Waals surface area contributed by atoms with Crippen LogP contribution in [0.5, 0.6) is 5.75 Å². The predicted octanol–water partition coefficient (Wildman–Crippen LogP) is 3.12. The van der Waals surface area contributed by atoms with Crippen molar-refractivity contribution in [3.05, 3.63) is 64.0 Å². The molecule has 2 aromatic rings. The molecule has 1 fully saturated rings. The molecule has 1 aliphatic rings. The van der Waals surface area contributed by atoms with E-state index in [1.165, 1.54) is 38.1 Å². The number of aromatic hydroxyl groups is 1. The molecule has 41 heavy (non-hydrogen) atoms. The summed E-state index contributed by atoms with van der Waals surface area (Å²) >= 11 is 0. The number of cyclic esters (lactones) is 1. The first-order chi connectivity index (χ1) is 19.2. The van der Waals surface area contributed by atoms with Gasteiger partial charge in [0, 0.05) is 18.0 Å². The van der Waals surface area contributed by atoms with E-state index in [9.17, 15) is 37.5 Å². The van der Waals surface area contributed by atoms with Crippen molar-refractivity contribution in [1.82, 2.24) is 16.0 Å². The molecule has 2 aromatic carbocycles. The topological polar surface area (TPSA) is 134 Å². The van der Waals surface area contributed by atoms with E-state index in [0.717, 1.165) is 6.92 Å². The van der Waals surface area contributed by atoms with Gasteiger partial charge in [-0.05, 0) is 62.8 Å². The molecule has 0 spiro atoms. The fourth-order valence-corrected chi connectivity index (χ4v) is 4.65. The third-order valence-electron chi connectivity index (χ3n) is 7.10. The molecule has 12 heteroatoms. The predicted molar refractivity (Wildman–Crippen MR) is 142 cm³/mol. The van der Waals surface area contributed by atoms with Gasteiger partial charge in [0.15, 0.2) is 17.7 Å². The Labute approximate surface area is 235 Å². The molecule has 1 heterocycles. The lowest BCUT2D eigenvalue weighted by atomic mass is 9.94. The number of esters is 1. The fraction of sp³-hybridized carbons (Fsp3) is 0.448. The Hall–Kier alpha value is -4.09. The summed E-state index contributed by atoms with van der Waals surface area (Å²) in [4.78, 5) is 52.1. The van der Waals surface area contributed by atoms with Crippen molar-refractivity contribution in [3.63, 3.8) is 0 Å². The highest BCUT2D eigenvalue weighted by Gasteiger charge is 2.35. The molecule has 222 valence electrons. The fourth-order valence-electron chi connectivity index (χ4n) is 4.65. The molecular formula is C29H34F3N3O6. The number of benzene rings is 2.